The number of para-hydroxylation sites is 2. The Morgan fingerprint density at radius 1 is 0.514 bits per heavy atom. The zero-order valence-corrected chi connectivity index (χ0v) is 24.0. The molecule has 0 unspecified atom stereocenters. The number of halogens is 1. The maximum absolute atomic E-state index is 5.01. The molecule has 0 fully saturated rings. The van der Waals surface area contributed by atoms with Crippen molar-refractivity contribution in [1.82, 2.24) is 0 Å². The van der Waals surface area contributed by atoms with E-state index < -0.39 is 0 Å². The second kappa shape index (κ2) is 11.9. The lowest BCUT2D eigenvalue weighted by Gasteiger charge is -2.16. The molecule has 2 nitrogen and oxygen atoms in total. The van der Waals surface area contributed by atoms with Gasteiger partial charge in [-0.2, -0.15) is 0 Å². The van der Waals surface area contributed by atoms with Crippen LogP contribution in [0.5, 0.6) is 0 Å². The minimum Gasteiger partial charge on any atom is -0.256 e. The predicted molar refractivity (Wildman–Crippen MR) is 158 cm³/mol. The van der Waals surface area contributed by atoms with Gasteiger partial charge in [0.25, 0.3) is 0 Å². The molecule has 0 aliphatic carbocycles. The lowest BCUT2D eigenvalue weighted by molar-refractivity contribution is 0.835. The highest BCUT2D eigenvalue weighted by molar-refractivity contribution is 9.10. The summed E-state index contributed by atoms with van der Waals surface area (Å²) in [7, 11) is 0. The van der Waals surface area contributed by atoms with Gasteiger partial charge in [0.15, 0.2) is 0 Å². The molecule has 0 saturated carbocycles. The number of hydrogen-bond donors (Lipinski definition) is 0. The van der Waals surface area contributed by atoms with Crippen LogP contribution in [0.3, 0.4) is 0 Å². The molecule has 0 bridgehead atoms. The summed E-state index contributed by atoms with van der Waals surface area (Å²) in [6.07, 6.45) is 3.96. The standard InChI is InChI=1S/C32H39BrN2/c1-20(2)26-14-10-15-27(21(3)4)31(26)34-18-24-12-9-13-25(30(24)33)19-35-32-28(22(5)6)16-11-17-29(32)23(7)8/h9-23H,1-8H3. The summed E-state index contributed by atoms with van der Waals surface area (Å²) >= 11 is 3.84. The van der Waals surface area contributed by atoms with E-state index in [4.69, 9.17) is 9.98 Å². The first kappa shape index (κ1) is 27.1. The van der Waals surface area contributed by atoms with Gasteiger partial charge in [-0.05, 0) is 61.9 Å². The van der Waals surface area contributed by atoms with E-state index in [1.165, 1.54) is 22.3 Å². The highest BCUT2D eigenvalue weighted by Gasteiger charge is 2.14. The quantitative estimate of drug-likeness (QED) is 0.258. The second-order valence-electron chi connectivity index (χ2n) is 10.5. The van der Waals surface area contributed by atoms with E-state index in [1.54, 1.807) is 0 Å². The zero-order valence-electron chi connectivity index (χ0n) is 22.4. The number of nitrogens with zero attached hydrogens (tertiary/aromatic N) is 2. The number of benzene rings is 3. The van der Waals surface area contributed by atoms with Crippen LogP contribution in [0.15, 0.2) is 69.1 Å². The Hall–Kier alpha value is -2.52. The largest absolute Gasteiger partial charge is 0.256 e. The normalized spacial score (nSPS) is 12.4. The van der Waals surface area contributed by atoms with Crippen LogP contribution in [0.1, 0.15) is 112 Å². The van der Waals surface area contributed by atoms with Crippen LogP contribution in [-0.2, 0) is 0 Å². The molecule has 3 aromatic carbocycles. The van der Waals surface area contributed by atoms with Crippen molar-refractivity contribution >= 4 is 39.7 Å². The van der Waals surface area contributed by atoms with Crippen LogP contribution in [0.4, 0.5) is 11.4 Å². The van der Waals surface area contributed by atoms with Crippen molar-refractivity contribution in [3.8, 4) is 0 Å². The molecular formula is C32H39BrN2. The Kier molecular flexibility index (Phi) is 9.24. The molecule has 0 radical (unpaired) electrons. The molecule has 0 aliphatic rings. The highest BCUT2D eigenvalue weighted by atomic mass is 79.9. The number of rotatable bonds is 8. The van der Waals surface area contributed by atoms with Gasteiger partial charge in [-0.3, -0.25) is 9.98 Å². The average Bonchev–Trinajstić information content (AvgIpc) is 2.81. The van der Waals surface area contributed by atoms with Crippen molar-refractivity contribution in [2.45, 2.75) is 79.1 Å². The van der Waals surface area contributed by atoms with Crippen molar-refractivity contribution in [2.75, 3.05) is 0 Å². The van der Waals surface area contributed by atoms with Crippen LogP contribution in [-0.4, -0.2) is 12.4 Å². The first-order valence-corrected chi connectivity index (χ1v) is 13.5. The zero-order chi connectivity index (χ0) is 25.7. The van der Waals surface area contributed by atoms with E-state index in [2.05, 4.69) is 126 Å². The van der Waals surface area contributed by atoms with Gasteiger partial charge in [0.05, 0.1) is 11.4 Å². The summed E-state index contributed by atoms with van der Waals surface area (Å²) in [5, 5.41) is 0. The minimum absolute atomic E-state index is 0.416. The molecule has 3 aromatic rings. The monoisotopic (exact) mass is 530 g/mol. The predicted octanol–water partition coefficient (Wildman–Crippen LogP) is 10.4. The van der Waals surface area contributed by atoms with Gasteiger partial charge in [-0.1, -0.05) is 110 Å². The molecule has 0 aromatic heterocycles. The molecule has 0 amide bonds. The summed E-state index contributed by atoms with van der Waals surface area (Å²) in [5.41, 5.74) is 9.42. The van der Waals surface area contributed by atoms with Crippen LogP contribution < -0.4 is 0 Å². The molecule has 0 heterocycles. The fourth-order valence-corrected chi connectivity index (χ4v) is 4.83. The second-order valence-corrected chi connectivity index (χ2v) is 11.2. The van der Waals surface area contributed by atoms with Crippen molar-refractivity contribution in [3.05, 3.63) is 92.5 Å². The summed E-state index contributed by atoms with van der Waals surface area (Å²) < 4.78 is 1.01. The summed E-state index contributed by atoms with van der Waals surface area (Å²) in [6.45, 7) is 17.8. The first-order chi connectivity index (χ1) is 16.6. The topological polar surface area (TPSA) is 24.7 Å². The van der Waals surface area contributed by atoms with Crippen molar-refractivity contribution in [2.24, 2.45) is 9.98 Å². The minimum atomic E-state index is 0.416. The van der Waals surface area contributed by atoms with Gasteiger partial charge >= 0.3 is 0 Å². The Morgan fingerprint density at radius 3 is 1.09 bits per heavy atom. The van der Waals surface area contributed by atoms with Crippen LogP contribution >= 0.6 is 15.9 Å². The molecule has 3 rings (SSSR count). The van der Waals surface area contributed by atoms with E-state index in [0.29, 0.717) is 23.7 Å². The van der Waals surface area contributed by atoms with Gasteiger partial charge < -0.3 is 0 Å². The van der Waals surface area contributed by atoms with Crippen molar-refractivity contribution in [1.29, 1.82) is 0 Å². The molecule has 0 N–H and O–H groups in total. The van der Waals surface area contributed by atoms with E-state index in [1.807, 2.05) is 12.4 Å². The third kappa shape index (κ3) is 6.38. The van der Waals surface area contributed by atoms with Gasteiger partial charge in [0.1, 0.15) is 0 Å². The van der Waals surface area contributed by atoms with E-state index in [-0.39, 0.29) is 0 Å². The SMILES string of the molecule is CC(C)c1cccc(C(C)C)c1N=Cc1cccc(C=Nc2c(C(C)C)cccc2C(C)C)c1Br. The molecule has 3 heteroatoms. The lowest BCUT2D eigenvalue weighted by Crippen LogP contribution is -1.97. The van der Waals surface area contributed by atoms with E-state index in [0.717, 1.165) is 27.0 Å². The number of aliphatic imine (C=N–C) groups is 2. The Balaban J connectivity index is 2.03. The fourth-order valence-electron chi connectivity index (χ4n) is 4.36. The average molecular weight is 532 g/mol. The molecule has 184 valence electrons. The summed E-state index contributed by atoms with van der Waals surface area (Å²) in [4.78, 5) is 10.0. The van der Waals surface area contributed by atoms with Gasteiger partial charge in [-0.15, -0.1) is 0 Å². The summed E-state index contributed by atoms with van der Waals surface area (Å²) in [5.74, 6) is 1.66. The van der Waals surface area contributed by atoms with Gasteiger partial charge in [0, 0.05) is 28.0 Å². The molecule has 0 atom stereocenters. The molecule has 35 heavy (non-hydrogen) atoms. The smallest absolute Gasteiger partial charge is 0.0699 e. The van der Waals surface area contributed by atoms with Crippen molar-refractivity contribution in [3.63, 3.8) is 0 Å². The van der Waals surface area contributed by atoms with Gasteiger partial charge in [0.2, 0.25) is 0 Å². The Bertz CT molecular complexity index is 1070. The van der Waals surface area contributed by atoms with Gasteiger partial charge in [-0.25, -0.2) is 0 Å². The maximum Gasteiger partial charge on any atom is 0.0699 e. The lowest BCUT2D eigenvalue weighted by atomic mass is 9.93. The molecule has 0 saturated heterocycles. The number of hydrogen-bond acceptors (Lipinski definition) is 2. The van der Waals surface area contributed by atoms with Crippen LogP contribution in [0.2, 0.25) is 0 Å². The Morgan fingerprint density at radius 2 is 0.800 bits per heavy atom. The van der Waals surface area contributed by atoms with Crippen LogP contribution in [0.25, 0.3) is 0 Å². The van der Waals surface area contributed by atoms with E-state index >= 15 is 0 Å². The third-order valence-electron chi connectivity index (χ3n) is 6.41. The third-order valence-corrected chi connectivity index (χ3v) is 7.32. The van der Waals surface area contributed by atoms with E-state index in [9.17, 15) is 0 Å². The highest BCUT2D eigenvalue weighted by Crippen LogP contribution is 2.36. The van der Waals surface area contributed by atoms with Crippen LogP contribution in [0, 0.1) is 0 Å². The maximum atomic E-state index is 5.01. The Labute approximate surface area is 220 Å². The summed E-state index contributed by atoms with van der Waals surface area (Å²) in [6, 6.07) is 19.3. The first-order valence-electron chi connectivity index (χ1n) is 12.7. The van der Waals surface area contributed by atoms with Crippen molar-refractivity contribution < 1.29 is 0 Å². The molecule has 0 spiro atoms. The molecular weight excluding hydrogens is 492 g/mol. The molecule has 0 aliphatic heterocycles. The fraction of sp³-hybridized carbons (Fsp3) is 0.375.